The van der Waals surface area contributed by atoms with Gasteiger partial charge in [0.15, 0.2) is 10.4 Å². The van der Waals surface area contributed by atoms with Crippen LogP contribution in [0.2, 0.25) is 0 Å². The van der Waals surface area contributed by atoms with Crippen molar-refractivity contribution in [3.05, 3.63) is 34.2 Å². The van der Waals surface area contributed by atoms with Gasteiger partial charge in [0.1, 0.15) is 11.6 Å². The molecule has 0 spiro atoms. The molecule has 0 aromatic carbocycles. The Kier molecular flexibility index (Phi) is 4.43. The van der Waals surface area contributed by atoms with Gasteiger partial charge in [0.2, 0.25) is 0 Å². The van der Waals surface area contributed by atoms with Crippen molar-refractivity contribution < 1.29 is 9.21 Å². The Morgan fingerprint density at radius 1 is 1.17 bits per heavy atom. The van der Waals surface area contributed by atoms with Gasteiger partial charge in [-0.05, 0) is 53.7 Å². The molecule has 1 unspecified atom stereocenters. The summed E-state index contributed by atoms with van der Waals surface area (Å²) in [5.41, 5.74) is 0. The number of nitrogens with zero attached hydrogens (tertiary/aromatic N) is 4. The number of aryl methyl sites for hydroxylation is 1. The predicted octanol–water partition coefficient (Wildman–Crippen LogP) is 3.38. The monoisotopic (exact) mass is 392 g/mol. The van der Waals surface area contributed by atoms with Crippen LogP contribution in [0.1, 0.15) is 60.2 Å². The zero-order valence-electron chi connectivity index (χ0n) is 13.6. The van der Waals surface area contributed by atoms with E-state index in [1.54, 1.807) is 12.1 Å². The summed E-state index contributed by atoms with van der Waals surface area (Å²) in [4.78, 5) is 14.5. The lowest BCUT2D eigenvalue weighted by molar-refractivity contribution is 0.0669. The van der Waals surface area contributed by atoms with Gasteiger partial charge >= 0.3 is 0 Å². The smallest absolute Gasteiger partial charge is 0.289 e. The highest BCUT2D eigenvalue weighted by Gasteiger charge is 2.30. The summed E-state index contributed by atoms with van der Waals surface area (Å²) >= 11 is 3.26. The first-order valence-corrected chi connectivity index (χ1v) is 9.48. The average Bonchev–Trinajstić information content (AvgIpc) is 3.14. The number of fused-ring (bicyclic) bond motifs is 1. The van der Waals surface area contributed by atoms with E-state index in [4.69, 9.17) is 4.42 Å². The first-order valence-electron chi connectivity index (χ1n) is 8.69. The molecule has 24 heavy (non-hydrogen) atoms. The minimum Gasteiger partial charge on any atom is -0.444 e. The molecule has 0 N–H and O–H groups in total. The third-order valence-electron chi connectivity index (χ3n) is 5.00. The average molecular weight is 393 g/mol. The number of piperidine rings is 1. The Bertz CT molecular complexity index is 739. The maximum absolute atomic E-state index is 12.6. The summed E-state index contributed by atoms with van der Waals surface area (Å²) in [7, 11) is 0. The van der Waals surface area contributed by atoms with E-state index in [1.165, 1.54) is 19.3 Å². The summed E-state index contributed by atoms with van der Waals surface area (Å²) < 4.78 is 8.31. The van der Waals surface area contributed by atoms with Gasteiger partial charge < -0.3 is 13.9 Å². The fourth-order valence-corrected chi connectivity index (χ4v) is 4.07. The number of amides is 1. The molecule has 2 aromatic rings. The summed E-state index contributed by atoms with van der Waals surface area (Å²) in [5.74, 6) is 2.79. The quantitative estimate of drug-likeness (QED) is 0.785. The van der Waals surface area contributed by atoms with E-state index in [-0.39, 0.29) is 11.8 Å². The molecule has 0 aliphatic carbocycles. The highest BCUT2D eigenvalue weighted by Crippen LogP contribution is 2.29. The summed E-state index contributed by atoms with van der Waals surface area (Å²) in [6.45, 7) is 2.47. The topological polar surface area (TPSA) is 64.2 Å². The first kappa shape index (κ1) is 15.9. The van der Waals surface area contributed by atoms with Crippen LogP contribution in [-0.4, -0.2) is 38.7 Å². The molecule has 2 aromatic heterocycles. The molecule has 4 heterocycles. The number of rotatable bonds is 2. The standard InChI is InChI=1S/C17H21BrN4O2/c18-14-8-7-13(24-14)17(23)21-9-4-5-12(11-21)16-20-19-15-6-2-1-3-10-22(15)16/h7-8,12H,1-6,9-11H2. The number of furan rings is 1. The van der Waals surface area contributed by atoms with Crippen molar-refractivity contribution in [3.63, 3.8) is 0 Å². The van der Waals surface area contributed by atoms with Gasteiger partial charge in [-0.2, -0.15) is 0 Å². The van der Waals surface area contributed by atoms with Crippen LogP contribution in [0.25, 0.3) is 0 Å². The van der Waals surface area contributed by atoms with Gasteiger partial charge in [-0.1, -0.05) is 6.42 Å². The van der Waals surface area contributed by atoms with Crippen LogP contribution in [0.15, 0.2) is 21.2 Å². The Labute approximate surface area is 149 Å². The van der Waals surface area contributed by atoms with Crippen molar-refractivity contribution in [1.82, 2.24) is 19.7 Å². The molecule has 6 nitrogen and oxygen atoms in total. The van der Waals surface area contributed by atoms with Crippen LogP contribution in [0.5, 0.6) is 0 Å². The second-order valence-electron chi connectivity index (χ2n) is 6.63. The summed E-state index contributed by atoms with van der Waals surface area (Å²) in [6, 6.07) is 3.48. The van der Waals surface area contributed by atoms with Gasteiger partial charge in [-0.15, -0.1) is 10.2 Å². The second-order valence-corrected chi connectivity index (χ2v) is 7.41. The largest absolute Gasteiger partial charge is 0.444 e. The predicted molar refractivity (Wildman–Crippen MR) is 91.9 cm³/mol. The van der Waals surface area contributed by atoms with Crippen molar-refractivity contribution in [2.45, 2.75) is 51.0 Å². The Morgan fingerprint density at radius 3 is 2.92 bits per heavy atom. The number of hydrogen-bond donors (Lipinski definition) is 0. The molecule has 0 saturated carbocycles. The van der Waals surface area contributed by atoms with Crippen molar-refractivity contribution in [3.8, 4) is 0 Å². The molecular weight excluding hydrogens is 372 g/mol. The van der Waals surface area contributed by atoms with E-state index >= 15 is 0 Å². The van der Waals surface area contributed by atoms with E-state index in [9.17, 15) is 4.79 Å². The SMILES string of the molecule is O=C(c1ccc(Br)o1)N1CCCC(c2nnc3n2CCCCC3)C1. The lowest BCUT2D eigenvalue weighted by Gasteiger charge is -2.32. The Balaban J connectivity index is 1.53. The van der Waals surface area contributed by atoms with Crippen LogP contribution in [0.4, 0.5) is 0 Å². The van der Waals surface area contributed by atoms with Crippen molar-refractivity contribution in [2.24, 2.45) is 0 Å². The van der Waals surface area contributed by atoms with Gasteiger partial charge in [0, 0.05) is 32.0 Å². The minimum atomic E-state index is -0.0407. The van der Waals surface area contributed by atoms with E-state index in [0.717, 1.165) is 44.0 Å². The van der Waals surface area contributed by atoms with Crippen LogP contribution < -0.4 is 0 Å². The molecule has 1 fully saturated rings. The zero-order chi connectivity index (χ0) is 16.5. The van der Waals surface area contributed by atoms with Gasteiger partial charge in [0.05, 0.1) is 0 Å². The van der Waals surface area contributed by atoms with Crippen molar-refractivity contribution >= 4 is 21.8 Å². The van der Waals surface area contributed by atoms with E-state index in [2.05, 4.69) is 30.7 Å². The first-order chi connectivity index (χ1) is 11.7. The highest BCUT2D eigenvalue weighted by atomic mass is 79.9. The fourth-order valence-electron chi connectivity index (χ4n) is 3.77. The normalized spacial score (nSPS) is 21.4. The lowest BCUT2D eigenvalue weighted by Crippen LogP contribution is -2.39. The summed E-state index contributed by atoms with van der Waals surface area (Å²) in [6.07, 6.45) is 6.70. The second kappa shape index (κ2) is 6.70. The zero-order valence-corrected chi connectivity index (χ0v) is 15.2. The molecule has 1 saturated heterocycles. The Hall–Kier alpha value is -1.63. The number of carbonyl (C=O) groups excluding carboxylic acids is 1. The number of carbonyl (C=O) groups is 1. The van der Waals surface area contributed by atoms with Crippen LogP contribution in [-0.2, 0) is 13.0 Å². The molecule has 4 rings (SSSR count). The third kappa shape index (κ3) is 3.01. The number of hydrogen-bond acceptors (Lipinski definition) is 4. The molecule has 7 heteroatoms. The van der Waals surface area contributed by atoms with Crippen LogP contribution >= 0.6 is 15.9 Å². The fraction of sp³-hybridized carbons (Fsp3) is 0.588. The highest BCUT2D eigenvalue weighted by molar-refractivity contribution is 9.10. The van der Waals surface area contributed by atoms with Gasteiger partial charge in [-0.3, -0.25) is 4.79 Å². The third-order valence-corrected chi connectivity index (χ3v) is 5.42. The molecule has 2 aliphatic heterocycles. The molecule has 128 valence electrons. The molecule has 1 atom stereocenters. The van der Waals surface area contributed by atoms with E-state index in [0.29, 0.717) is 17.0 Å². The minimum absolute atomic E-state index is 0.0407. The number of halogens is 1. The molecule has 0 bridgehead atoms. The van der Waals surface area contributed by atoms with Gasteiger partial charge in [-0.25, -0.2) is 0 Å². The maximum Gasteiger partial charge on any atom is 0.289 e. The maximum atomic E-state index is 12.6. The van der Waals surface area contributed by atoms with Crippen molar-refractivity contribution in [2.75, 3.05) is 13.1 Å². The van der Waals surface area contributed by atoms with Crippen LogP contribution in [0, 0.1) is 0 Å². The van der Waals surface area contributed by atoms with Crippen LogP contribution in [0.3, 0.4) is 0 Å². The molecule has 2 aliphatic rings. The van der Waals surface area contributed by atoms with E-state index in [1.807, 2.05) is 4.90 Å². The summed E-state index contributed by atoms with van der Waals surface area (Å²) in [5, 5.41) is 8.89. The van der Waals surface area contributed by atoms with Gasteiger partial charge in [0.25, 0.3) is 5.91 Å². The molecule has 0 radical (unpaired) electrons. The van der Waals surface area contributed by atoms with Crippen molar-refractivity contribution in [1.29, 1.82) is 0 Å². The Morgan fingerprint density at radius 2 is 2.08 bits per heavy atom. The van der Waals surface area contributed by atoms with E-state index < -0.39 is 0 Å². The number of likely N-dealkylation sites (tertiary alicyclic amines) is 1. The molecular formula is C17H21BrN4O2. The molecule has 1 amide bonds. The number of aromatic nitrogens is 3. The lowest BCUT2D eigenvalue weighted by atomic mass is 9.96.